The van der Waals surface area contributed by atoms with Crippen LogP contribution in [0.4, 0.5) is 0 Å². The monoisotopic (exact) mass is 958 g/mol. The second-order valence-corrected chi connectivity index (χ2v) is 31.8. The molecule has 0 bridgehead atoms. The minimum atomic E-state index is -2.27. The van der Waals surface area contributed by atoms with Crippen molar-refractivity contribution in [3.63, 3.8) is 0 Å². The molecule has 4 atom stereocenters. The van der Waals surface area contributed by atoms with E-state index < -0.39 is 25.0 Å². The van der Waals surface area contributed by atoms with Crippen LogP contribution in [0.1, 0.15) is 35.1 Å². The molecule has 1 N–H and O–H groups in total. The van der Waals surface area contributed by atoms with Crippen molar-refractivity contribution in [1.29, 1.82) is 0 Å². The number of allylic oxidation sites excluding steroid dienone is 2. The molecule has 0 radical (unpaired) electrons. The van der Waals surface area contributed by atoms with E-state index in [0.717, 1.165) is 35.5 Å². The Kier molecular flexibility index (Phi) is 19.6. The van der Waals surface area contributed by atoms with E-state index in [1.165, 1.54) is 27.5 Å². The lowest BCUT2D eigenvalue weighted by molar-refractivity contribution is 0.0834. The molecule has 0 aromatic heterocycles. The third kappa shape index (κ3) is 15.8. The molecule has 5 aromatic rings. The molecular weight excluding hydrogens is 885 g/mol. The van der Waals surface area contributed by atoms with Gasteiger partial charge in [-0.1, -0.05) is 127 Å². The van der Waals surface area contributed by atoms with Gasteiger partial charge in [0.05, 0.1) is 67.1 Å². The average molecular weight is 959 g/mol. The maximum absolute atomic E-state index is 10.8. The highest BCUT2D eigenvalue weighted by Gasteiger charge is 2.46. The van der Waals surface area contributed by atoms with Crippen molar-refractivity contribution in [2.24, 2.45) is 11.8 Å². The second kappa shape index (κ2) is 25.3. The lowest BCUT2D eigenvalue weighted by atomic mass is 10.0. The molecule has 8 nitrogen and oxygen atoms in total. The molecule has 2 aliphatic carbocycles. The van der Waals surface area contributed by atoms with Crippen LogP contribution < -0.4 is 14.7 Å². The van der Waals surface area contributed by atoms with E-state index in [0.29, 0.717) is 64.3 Å². The molecule has 7 rings (SSSR count). The van der Waals surface area contributed by atoms with E-state index >= 15 is 0 Å². The highest BCUT2D eigenvalue weighted by molar-refractivity contribution is 6.92. The van der Waals surface area contributed by atoms with E-state index in [4.69, 9.17) is 32.5 Å². The summed E-state index contributed by atoms with van der Waals surface area (Å²) in [4.78, 5) is 10.8. The predicted octanol–water partition coefficient (Wildman–Crippen LogP) is 12.0. The van der Waals surface area contributed by atoms with Gasteiger partial charge in [-0.05, 0) is 126 Å². The van der Waals surface area contributed by atoms with Crippen molar-refractivity contribution in [3.05, 3.63) is 185 Å². The van der Waals surface area contributed by atoms with Gasteiger partial charge in [-0.3, -0.25) is 0 Å². The van der Waals surface area contributed by atoms with Crippen LogP contribution in [0.3, 0.4) is 0 Å². The molecule has 0 saturated heterocycles. The fourth-order valence-electron chi connectivity index (χ4n) is 9.44. The number of ether oxygens (including phenoxy) is 6. The summed E-state index contributed by atoms with van der Waals surface area (Å²) in [6, 6.07) is 47.4. The summed E-state index contributed by atoms with van der Waals surface area (Å²) in [6.45, 7) is 18.4. The van der Waals surface area contributed by atoms with E-state index in [2.05, 4.69) is 117 Å². The Morgan fingerprint density at radius 1 is 0.448 bits per heavy atom. The van der Waals surface area contributed by atoms with Gasteiger partial charge in [0.2, 0.25) is 8.32 Å². The normalized spacial score (nSPS) is 18.5. The fourth-order valence-corrected chi connectivity index (χ4v) is 20.7. The smallest absolute Gasteiger partial charge is 0.205 e. The number of rotatable bonds is 23. The van der Waals surface area contributed by atoms with Crippen molar-refractivity contribution in [2.75, 3.05) is 40.6 Å². The summed E-state index contributed by atoms with van der Waals surface area (Å²) in [5.74, 6) is 2.24. The standard InChI is InChI=1S/C32H42O4Si2.C24H32O4Si/c1-33-29-19-16-27(17-20-29)23-34-24-28-18-21-32(31(28)25-35-22-26-12-8-6-9-13-26)38(4,5)36-37(2,3)30-14-10-7-11-15-30;1-26-22-12-9-20(10-13-22)16-27-17-21-11-14-24(29(2,3)25)23(21)18-28-15-19-7-5-4-6-8-19/h6-20,31-32H,21-25H2,1-5H3;4-13,23-25H,14-18H2,1-3H3/t31-,32-;23-,24-/m00/s1. The van der Waals surface area contributed by atoms with Gasteiger partial charge >= 0.3 is 0 Å². The van der Waals surface area contributed by atoms with E-state index in [1.807, 2.05) is 73.8 Å². The topological polar surface area (TPSA) is 84.8 Å². The molecule has 0 spiro atoms. The molecule has 0 aliphatic heterocycles. The molecule has 0 heterocycles. The van der Waals surface area contributed by atoms with E-state index in [1.54, 1.807) is 14.2 Å². The Morgan fingerprint density at radius 2 is 0.821 bits per heavy atom. The first-order chi connectivity index (χ1) is 32.3. The van der Waals surface area contributed by atoms with Crippen LogP contribution in [0.25, 0.3) is 0 Å². The molecule has 0 fully saturated rings. The van der Waals surface area contributed by atoms with E-state index in [-0.39, 0.29) is 11.5 Å². The van der Waals surface area contributed by atoms with Gasteiger partial charge in [-0.15, -0.1) is 0 Å². The Bertz CT molecular complexity index is 2260. The Morgan fingerprint density at radius 3 is 1.24 bits per heavy atom. The maximum atomic E-state index is 10.8. The molecule has 0 unspecified atom stereocenters. The summed E-state index contributed by atoms with van der Waals surface area (Å²) < 4.78 is 42.3. The second-order valence-electron chi connectivity index (χ2n) is 19.4. The van der Waals surface area contributed by atoms with Crippen molar-refractivity contribution >= 4 is 30.1 Å². The average Bonchev–Trinajstić information content (AvgIpc) is 3.95. The van der Waals surface area contributed by atoms with Gasteiger partial charge < -0.3 is 37.3 Å². The zero-order chi connectivity index (χ0) is 47.7. The zero-order valence-electron chi connectivity index (χ0n) is 41.1. The summed E-state index contributed by atoms with van der Waals surface area (Å²) in [5, 5.41) is 1.35. The first-order valence-corrected chi connectivity index (χ1v) is 32.7. The Hall–Kier alpha value is -4.41. The van der Waals surface area contributed by atoms with Crippen LogP contribution in [-0.2, 0) is 49.5 Å². The SMILES string of the molecule is COc1ccc(COCC2=CC[C@H]([Si](C)(C)O)[C@H]2COCc2ccccc2)cc1.COc1ccc(COCC2=CC[C@H]([Si](C)(C)O[Si](C)(C)c3ccccc3)[C@H]2COCc2ccccc2)cc1. The highest BCUT2D eigenvalue weighted by atomic mass is 28.4. The molecular formula is C56H74O8Si3. The van der Waals surface area contributed by atoms with Crippen LogP contribution in [0.2, 0.25) is 50.4 Å². The first-order valence-electron chi connectivity index (χ1n) is 23.8. The van der Waals surface area contributed by atoms with Crippen LogP contribution >= 0.6 is 0 Å². The van der Waals surface area contributed by atoms with Crippen molar-refractivity contribution in [1.82, 2.24) is 0 Å². The Balaban J connectivity index is 0.000000229. The summed E-state index contributed by atoms with van der Waals surface area (Å²) in [7, 11) is -3.03. The van der Waals surface area contributed by atoms with Gasteiger partial charge in [-0.2, -0.15) is 0 Å². The van der Waals surface area contributed by atoms with Gasteiger partial charge in [-0.25, -0.2) is 0 Å². The molecule has 0 amide bonds. The zero-order valence-corrected chi connectivity index (χ0v) is 44.1. The first kappa shape index (κ1) is 52.0. The van der Waals surface area contributed by atoms with Gasteiger partial charge in [0.15, 0.2) is 16.6 Å². The molecule has 2 aliphatic rings. The maximum Gasteiger partial charge on any atom is 0.205 e. The third-order valence-electron chi connectivity index (χ3n) is 13.2. The van der Waals surface area contributed by atoms with Gasteiger partial charge in [0.25, 0.3) is 0 Å². The summed E-state index contributed by atoms with van der Waals surface area (Å²) >= 11 is 0. The molecule has 358 valence electrons. The lowest BCUT2D eigenvalue weighted by Crippen LogP contribution is -2.55. The van der Waals surface area contributed by atoms with Crippen LogP contribution in [0, 0.1) is 11.8 Å². The highest BCUT2D eigenvalue weighted by Crippen LogP contribution is 2.46. The molecule has 0 saturated carbocycles. The number of methoxy groups -OCH3 is 2. The molecule has 11 heteroatoms. The quantitative estimate of drug-likeness (QED) is 0.0512. The van der Waals surface area contributed by atoms with Gasteiger partial charge in [0, 0.05) is 11.8 Å². The van der Waals surface area contributed by atoms with Crippen molar-refractivity contribution in [2.45, 2.75) is 89.6 Å². The lowest BCUT2D eigenvalue weighted by Gasteiger charge is -2.41. The van der Waals surface area contributed by atoms with Crippen molar-refractivity contribution < 1.29 is 37.3 Å². The Labute approximate surface area is 404 Å². The van der Waals surface area contributed by atoms with Crippen LogP contribution in [0.5, 0.6) is 11.5 Å². The summed E-state index contributed by atoms with van der Waals surface area (Å²) in [6.07, 6.45) is 6.58. The summed E-state index contributed by atoms with van der Waals surface area (Å²) in [5.41, 5.74) is 7.97. The molecule has 67 heavy (non-hydrogen) atoms. The molecule has 5 aromatic carbocycles. The number of hydrogen-bond donors (Lipinski definition) is 1. The van der Waals surface area contributed by atoms with Gasteiger partial charge in [0.1, 0.15) is 11.5 Å². The van der Waals surface area contributed by atoms with E-state index in [9.17, 15) is 4.80 Å². The van der Waals surface area contributed by atoms with Crippen LogP contribution in [-0.4, -0.2) is 70.4 Å². The number of hydrogen-bond acceptors (Lipinski definition) is 8. The largest absolute Gasteiger partial charge is 0.497 e. The number of benzene rings is 5. The van der Waals surface area contributed by atoms with Crippen LogP contribution in [0.15, 0.2) is 163 Å². The van der Waals surface area contributed by atoms with Crippen molar-refractivity contribution in [3.8, 4) is 11.5 Å². The fraction of sp³-hybridized carbons (Fsp3) is 0.393. The minimum absolute atomic E-state index is 0.223. The predicted molar refractivity (Wildman–Crippen MR) is 279 cm³/mol. The minimum Gasteiger partial charge on any atom is -0.497 e. The third-order valence-corrected chi connectivity index (χ3v) is 23.9.